The van der Waals surface area contributed by atoms with E-state index in [4.69, 9.17) is 9.47 Å². The van der Waals surface area contributed by atoms with Crippen molar-refractivity contribution < 1.29 is 9.47 Å². The first kappa shape index (κ1) is 18.6. The zero-order chi connectivity index (χ0) is 20.1. The summed E-state index contributed by atoms with van der Waals surface area (Å²) in [5.74, 6) is 2.31. The van der Waals surface area contributed by atoms with E-state index in [0.29, 0.717) is 18.0 Å². The Balaban J connectivity index is 1.67. The standard InChI is InChI=1S/C25H30N2O2/c1-15(2)11-22-25-19(17-7-5-6-8-20(17)26-25)13-21-18-14-24(29-4)23(28-3)12-16(18)9-10-27(21)22/h5-8,12,14-15,21-22,26H,9-11,13H2,1-4H3/t21?,22-/m0/s1. The molecule has 0 spiro atoms. The van der Waals surface area contributed by atoms with Gasteiger partial charge in [-0.1, -0.05) is 32.0 Å². The van der Waals surface area contributed by atoms with Crippen molar-refractivity contribution in [3.63, 3.8) is 0 Å². The lowest BCUT2D eigenvalue weighted by Crippen LogP contribution is -2.43. The Kier molecular flexibility index (Phi) is 4.54. The predicted molar refractivity (Wildman–Crippen MR) is 117 cm³/mol. The van der Waals surface area contributed by atoms with Crippen LogP contribution in [0.5, 0.6) is 11.5 Å². The molecule has 2 atom stereocenters. The average Bonchev–Trinajstić information content (AvgIpc) is 3.10. The van der Waals surface area contributed by atoms with E-state index < -0.39 is 0 Å². The molecule has 4 nitrogen and oxygen atoms in total. The van der Waals surface area contributed by atoms with Crippen molar-refractivity contribution in [3.8, 4) is 11.5 Å². The van der Waals surface area contributed by atoms with E-state index in [2.05, 4.69) is 60.1 Å². The fraction of sp³-hybridized carbons (Fsp3) is 0.440. The number of para-hydroxylation sites is 1. The lowest BCUT2D eigenvalue weighted by atomic mass is 9.80. The lowest BCUT2D eigenvalue weighted by molar-refractivity contribution is 0.0902. The minimum absolute atomic E-state index is 0.383. The Hall–Kier alpha value is -2.46. The number of rotatable bonds is 4. The maximum atomic E-state index is 5.65. The predicted octanol–water partition coefficient (Wildman–Crippen LogP) is 5.43. The highest BCUT2D eigenvalue weighted by molar-refractivity contribution is 5.85. The second-order valence-electron chi connectivity index (χ2n) is 8.82. The SMILES string of the molecule is COc1cc2c(cc1OC)C1Cc3c([nH]c4ccccc34)[C@H](CC(C)C)N1CC2. The summed E-state index contributed by atoms with van der Waals surface area (Å²) in [6.07, 6.45) is 3.26. The summed E-state index contributed by atoms with van der Waals surface area (Å²) in [5, 5.41) is 1.38. The van der Waals surface area contributed by atoms with E-state index in [9.17, 15) is 0 Å². The second kappa shape index (κ2) is 7.10. The van der Waals surface area contributed by atoms with Crippen molar-refractivity contribution in [3.05, 3.63) is 58.8 Å². The first-order chi connectivity index (χ1) is 14.1. The summed E-state index contributed by atoms with van der Waals surface area (Å²) in [6.45, 7) is 5.74. The molecule has 3 heterocycles. The van der Waals surface area contributed by atoms with Crippen LogP contribution in [0.25, 0.3) is 10.9 Å². The van der Waals surface area contributed by atoms with E-state index in [1.807, 2.05) is 0 Å². The average molecular weight is 391 g/mol. The van der Waals surface area contributed by atoms with Crippen LogP contribution in [0.2, 0.25) is 0 Å². The first-order valence-corrected chi connectivity index (χ1v) is 10.7. The normalized spacial score (nSPS) is 21.0. The third kappa shape index (κ3) is 2.93. The van der Waals surface area contributed by atoms with Crippen LogP contribution in [0.15, 0.2) is 36.4 Å². The topological polar surface area (TPSA) is 37.5 Å². The van der Waals surface area contributed by atoms with Gasteiger partial charge in [0.25, 0.3) is 0 Å². The van der Waals surface area contributed by atoms with Crippen molar-refractivity contribution in [2.45, 2.75) is 45.2 Å². The van der Waals surface area contributed by atoms with Crippen LogP contribution in [0, 0.1) is 5.92 Å². The molecule has 2 aliphatic rings. The van der Waals surface area contributed by atoms with Crippen LogP contribution in [0.4, 0.5) is 0 Å². The van der Waals surface area contributed by atoms with Crippen molar-refractivity contribution in [1.82, 2.24) is 9.88 Å². The van der Waals surface area contributed by atoms with Gasteiger partial charge in [-0.25, -0.2) is 0 Å². The Labute approximate surface area is 172 Å². The molecule has 4 heteroatoms. The Morgan fingerprint density at radius 2 is 1.86 bits per heavy atom. The zero-order valence-electron chi connectivity index (χ0n) is 17.8. The molecule has 0 bridgehead atoms. The molecule has 1 N–H and O–H groups in total. The summed E-state index contributed by atoms with van der Waals surface area (Å²) in [7, 11) is 3.45. The second-order valence-corrected chi connectivity index (χ2v) is 8.82. The molecular formula is C25H30N2O2. The molecule has 1 aromatic heterocycles. The highest BCUT2D eigenvalue weighted by atomic mass is 16.5. The number of aromatic amines is 1. The van der Waals surface area contributed by atoms with Gasteiger partial charge in [-0.15, -0.1) is 0 Å². The van der Waals surface area contributed by atoms with Crippen LogP contribution in [0.1, 0.15) is 54.7 Å². The van der Waals surface area contributed by atoms with Crippen LogP contribution in [-0.4, -0.2) is 30.6 Å². The van der Waals surface area contributed by atoms with Crippen LogP contribution in [0.3, 0.4) is 0 Å². The number of hydrogen-bond donors (Lipinski definition) is 1. The minimum Gasteiger partial charge on any atom is -0.493 e. The summed E-state index contributed by atoms with van der Waals surface area (Å²) >= 11 is 0. The molecule has 3 aromatic rings. The molecule has 0 amide bonds. The highest BCUT2D eigenvalue weighted by Crippen LogP contribution is 2.49. The number of methoxy groups -OCH3 is 2. The molecule has 2 aliphatic heterocycles. The number of nitrogens with one attached hydrogen (secondary N) is 1. The molecule has 29 heavy (non-hydrogen) atoms. The van der Waals surface area contributed by atoms with Gasteiger partial charge in [-0.3, -0.25) is 4.90 Å². The Morgan fingerprint density at radius 1 is 1.10 bits per heavy atom. The quantitative estimate of drug-likeness (QED) is 0.646. The number of nitrogens with zero attached hydrogens (tertiary/aromatic N) is 1. The summed E-state index contributed by atoms with van der Waals surface area (Å²) < 4.78 is 11.2. The molecule has 0 fully saturated rings. The van der Waals surface area contributed by atoms with Crippen molar-refractivity contribution in [2.24, 2.45) is 5.92 Å². The molecule has 0 radical (unpaired) electrons. The molecule has 152 valence electrons. The van der Waals surface area contributed by atoms with Crippen molar-refractivity contribution in [2.75, 3.05) is 20.8 Å². The van der Waals surface area contributed by atoms with Crippen molar-refractivity contribution in [1.29, 1.82) is 0 Å². The molecule has 0 saturated carbocycles. The van der Waals surface area contributed by atoms with Crippen LogP contribution in [-0.2, 0) is 12.8 Å². The van der Waals surface area contributed by atoms with Crippen molar-refractivity contribution >= 4 is 10.9 Å². The van der Waals surface area contributed by atoms with Gasteiger partial charge in [0.2, 0.25) is 0 Å². The number of H-pyrrole nitrogens is 1. The maximum absolute atomic E-state index is 5.65. The third-order valence-corrected chi connectivity index (χ3v) is 6.72. The molecule has 1 unspecified atom stereocenters. The number of fused-ring (bicyclic) bond motifs is 6. The van der Waals surface area contributed by atoms with Gasteiger partial charge >= 0.3 is 0 Å². The molecular weight excluding hydrogens is 360 g/mol. The minimum atomic E-state index is 0.383. The van der Waals surface area contributed by atoms with E-state index in [1.165, 1.54) is 39.7 Å². The van der Waals surface area contributed by atoms with Gasteiger partial charge in [0.05, 0.1) is 20.3 Å². The fourth-order valence-corrected chi connectivity index (χ4v) is 5.43. The Bertz CT molecular complexity index is 1050. The van der Waals surface area contributed by atoms with E-state index in [1.54, 1.807) is 14.2 Å². The van der Waals surface area contributed by atoms with Gasteiger partial charge in [0, 0.05) is 29.2 Å². The summed E-state index contributed by atoms with van der Waals surface area (Å²) in [5.41, 5.74) is 6.99. The van der Waals surface area contributed by atoms with Crippen LogP contribution >= 0.6 is 0 Å². The third-order valence-electron chi connectivity index (χ3n) is 6.72. The Morgan fingerprint density at radius 3 is 2.62 bits per heavy atom. The number of hydrogen-bond acceptors (Lipinski definition) is 3. The number of benzene rings is 2. The van der Waals surface area contributed by atoms with Gasteiger partial charge < -0.3 is 14.5 Å². The smallest absolute Gasteiger partial charge is 0.161 e. The van der Waals surface area contributed by atoms with E-state index in [0.717, 1.165) is 30.9 Å². The fourth-order valence-electron chi connectivity index (χ4n) is 5.43. The molecule has 0 saturated heterocycles. The molecule has 0 aliphatic carbocycles. The maximum Gasteiger partial charge on any atom is 0.161 e. The van der Waals surface area contributed by atoms with E-state index in [-0.39, 0.29) is 0 Å². The van der Waals surface area contributed by atoms with Crippen LogP contribution < -0.4 is 9.47 Å². The van der Waals surface area contributed by atoms with Gasteiger partial charge in [-0.2, -0.15) is 0 Å². The van der Waals surface area contributed by atoms with Gasteiger partial charge in [-0.05, 0) is 60.1 Å². The lowest BCUT2D eigenvalue weighted by Gasteiger charge is -2.46. The largest absolute Gasteiger partial charge is 0.493 e. The molecule has 2 aromatic carbocycles. The van der Waals surface area contributed by atoms with Gasteiger partial charge in [0.15, 0.2) is 11.5 Å². The summed E-state index contributed by atoms with van der Waals surface area (Å²) in [4.78, 5) is 6.51. The number of ether oxygens (including phenoxy) is 2. The number of aromatic nitrogens is 1. The van der Waals surface area contributed by atoms with Gasteiger partial charge in [0.1, 0.15) is 0 Å². The first-order valence-electron chi connectivity index (χ1n) is 10.7. The monoisotopic (exact) mass is 390 g/mol. The molecule has 5 rings (SSSR count). The zero-order valence-corrected chi connectivity index (χ0v) is 17.8. The highest BCUT2D eigenvalue weighted by Gasteiger charge is 2.40. The summed E-state index contributed by atoms with van der Waals surface area (Å²) in [6, 6.07) is 14.0. The van der Waals surface area contributed by atoms with E-state index >= 15 is 0 Å².